The van der Waals surface area contributed by atoms with Gasteiger partial charge in [0, 0.05) is 12.1 Å². The highest BCUT2D eigenvalue weighted by atomic mass is 35.5. The predicted octanol–water partition coefficient (Wildman–Crippen LogP) is 3.59. The Morgan fingerprint density at radius 2 is 2.24 bits per heavy atom. The molecule has 0 spiro atoms. The van der Waals surface area contributed by atoms with Crippen LogP contribution in [0.4, 0.5) is 0 Å². The maximum absolute atomic E-state index is 5.70. The number of alkyl halides is 1. The molecule has 0 aliphatic heterocycles. The Labute approximate surface area is 109 Å². The molecule has 0 bridgehead atoms. The third-order valence-corrected chi connectivity index (χ3v) is 4.12. The van der Waals surface area contributed by atoms with Gasteiger partial charge >= 0.3 is 0 Å². The van der Waals surface area contributed by atoms with E-state index in [9.17, 15) is 0 Å². The smallest absolute Gasteiger partial charge is 0.0827 e. The van der Waals surface area contributed by atoms with E-state index in [2.05, 4.69) is 28.1 Å². The second-order valence-electron chi connectivity index (χ2n) is 5.00. The fourth-order valence-electron chi connectivity index (χ4n) is 2.85. The molecule has 4 heteroatoms. The van der Waals surface area contributed by atoms with Crippen LogP contribution < -0.4 is 0 Å². The fourth-order valence-corrected chi connectivity index (χ4v) is 2.98. The van der Waals surface area contributed by atoms with Crippen LogP contribution in [0.5, 0.6) is 0 Å². The van der Waals surface area contributed by atoms with Crippen molar-refractivity contribution in [2.75, 3.05) is 5.88 Å². The van der Waals surface area contributed by atoms with Crippen molar-refractivity contribution >= 4 is 11.6 Å². The zero-order valence-electron chi connectivity index (χ0n) is 10.6. The van der Waals surface area contributed by atoms with Crippen LogP contribution in [0.15, 0.2) is 6.20 Å². The summed E-state index contributed by atoms with van der Waals surface area (Å²) >= 11 is 5.70. The second-order valence-corrected chi connectivity index (χ2v) is 5.38. The van der Waals surface area contributed by atoms with Crippen LogP contribution in [0.25, 0.3) is 0 Å². The summed E-state index contributed by atoms with van der Waals surface area (Å²) in [5.41, 5.74) is 1.09. The summed E-state index contributed by atoms with van der Waals surface area (Å²) in [7, 11) is 0. The van der Waals surface area contributed by atoms with Crippen molar-refractivity contribution in [1.29, 1.82) is 0 Å². The molecular weight excluding hydrogens is 234 g/mol. The molecule has 0 saturated heterocycles. The van der Waals surface area contributed by atoms with Gasteiger partial charge in [-0.2, -0.15) is 0 Å². The zero-order valence-corrected chi connectivity index (χ0v) is 11.4. The van der Waals surface area contributed by atoms with Crippen molar-refractivity contribution in [2.24, 2.45) is 5.92 Å². The van der Waals surface area contributed by atoms with E-state index in [4.69, 9.17) is 11.6 Å². The van der Waals surface area contributed by atoms with Crippen LogP contribution in [0.3, 0.4) is 0 Å². The molecule has 0 amide bonds. The minimum Gasteiger partial charge on any atom is -0.249 e. The van der Waals surface area contributed by atoms with E-state index in [0.29, 0.717) is 11.9 Å². The lowest BCUT2D eigenvalue weighted by atomic mass is 9.83. The summed E-state index contributed by atoms with van der Waals surface area (Å²) in [6, 6.07) is 0.575. The first-order chi connectivity index (χ1) is 8.35. The van der Waals surface area contributed by atoms with E-state index in [1.807, 2.05) is 0 Å². The van der Waals surface area contributed by atoms with Gasteiger partial charge < -0.3 is 0 Å². The standard InChI is InChI=1S/C13H22ClN3/c1-2-11-6-3-4-8-13(11)17-10-12(15-16-17)7-5-9-14/h10-11,13H,2-9H2,1H3. The molecule has 1 heterocycles. The van der Waals surface area contributed by atoms with E-state index in [-0.39, 0.29) is 0 Å². The molecule has 1 fully saturated rings. The Balaban J connectivity index is 2.02. The minimum absolute atomic E-state index is 0.575. The van der Waals surface area contributed by atoms with E-state index in [1.165, 1.54) is 32.1 Å². The first-order valence-electron chi connectivity index (χ1n) is 6.81. The number of aryl methyl sites for hydroxylation is 1. The topological polar surface area (TPSA) is 30.7 Å². The van der Waals surface area contributed by atoms with E-state index in [1.54, 1.807) is 0 Å². The number of hydrogen-bond donors (Lipinski definition) is 0. The van der Waals surface area contributed by atoms with Crippen molar-refractivity contribution in [3.8, 4) is 0 Å². The van der Waals surface area contributed by atoms with Crippen LogP contribution in [0, 0.1) is 5.92 Å². The number of rotatable bonds is 5. The van der Waals surface area contributed by atoms with Crippen molar-refractivity contribution in [2.45, 2.75) is 57.9 Å². The van der Waals surface area contributed by atoms with Crippen LogP contribution in [-0.2, 0) is 6.42 Å². The van der Waals surface area contributed by atoms with Gasteiger partial charge in [-0.1, -0.05) is 31.4 Å². The Bertz CT molecular complexity index is 337. The molecule has 3 nitrogen and oxygen atoms in total. The molecule has 1 aromatic heterocycles. The lowest BCUT2D eigenvalue weighted by Gasteiger charge is -2.30. The van der Waals surface area contributed by atoms with Crippen LogP contribution in [-0.4, -0.2) is 20.9 Å². The third-order valence-electron chi connectivity index (χ3n) is 3.86. The van der Waals surface area contributed by atoms with E-state index in [0.717, 1.165) is 24.5 Å². The lowest BCUT2D eigenvalue weighted by molar-refractivity contribution is 0.214. The van der Waals surface area contributed by atoms with Crippen molar-refractivity contribution in [3.63, 3.8) is 0 Å². The number of hydrogen-bond acceptors (Lipinski definition) is 2. The summed E-state index contributed by atoms with van der Waals surface area (Å²) < 4.78 is 2.11. The summed E-state index contributed by atoms with van der Waals surface area (Å²) in [5, 5.41) is 8.57. The van der Waals surface area contributed by atoms with Gasteiger partial charge in [0.1, 0.15) is 0 Å². The molecule has 1 aliphatic rings. The molecule has 0 radical (unpaired) electrons. The Hall–Kier alpha value is -0.570. The first-order valence-corrected chi connectivity index (χ1v) is 7.35. The van der Waals surface area contributed by atoms with Crippen molar-refractivity contribution in [3.05, 3.63) is 11.9 Å². The quantitative estimate of drug-likeness (QED) is 0.753. The van der Waals surface area contributed by atoms with Crippen molar-refractivity contribution in [1.82, 2.24) is 15.0 Å². The molecular formula is C13H22ClN3. The highest BCUT2D eigenvalue weighted by Gasteiger charge is 2.25. The molecule has 96 valence electrons. The molecule has 2 rings (SSSR count). The lowest BCUT2D eigenvalue weighted by Crippen LogP contribution is -2.23. The highest BCUT2D eigenvalue weighted by Crippen LogP contribution is 2.35. The highest BCUT2D eigenvalue weighted by molar-refractivity contribution is 6.17. The summed E-state index contributed by atoms with van der Waals surface area (Å²) in [5.74, 6) is 1.49. The monoisotopic (exact) mass is 255 g/mol. The Morgan fingerprint density at radius 1 is 1.41 bits per heavy atom. The maximum atomic E-state index is 5.70. The van der Waals surface area contributed by atoms with Gasteiger partial charge in [-0.05, 0) is 31.6 Å². The van der Waals surface area contributed by atoms with Crippen LogP contribution in [0.1, 0.15) is 57.2 Å². The van der Waals surface area contributed by atoms with Crippen LogP contribution >= 0.6 is 11.6 Å². The second kappa shape index (κ2) is 6.39. The first kappa shape index (κ1) is 12.9. The molecule has 2 unspecified atom stereocenters. The number of halogens is 1. The molecule has 17 heavy (non-hydrogen) atoms. The largest absolute Gasteiger partial charge is 0.249 e. The maximum Gasteiger partial charge on any atom is 0.0827 e. The van der Waals surface area contributed by atoms with Gasteiger partial charge in [0.25, 0.3) is 0 Å². The van der Waals surface area contributed by atoms with Crippen LogP contribution in [0.2, 0.25) is 0 Å². The third kappa shape index (κ3) is 3.21. The van der Waals surface area contributed by atoms with E-state index >= 15 is 0 Å². The average molecular weight is 256 g/mol. The zero-order chi connectivity index (χ0) is 12.1. The van der Waals surface area contributed by atoms with Gasteiger partial charge in [0.2, 0.25) is 0 Å². The Kier molecular flexibility index (Phi) is 4.84. The summed E-state index contributed by atoms with van der Waals surface area (Å²) in [6.45, 7) is 2.29. The molecule has 1 aliphatic carbocycles. The Morgan fingerprint density at radius 3 is 3.00 bits per heavy atom. The van der Waals surface area contributed by atoms with Gasteiger partial charge in [-0.15, -0.1) is 16.7 Å². The fraction of sp³-hybridized carbons (Fsp3) is 0.846. The molecule has 2 atom stereocenters. The normalized spacial score (nSPS) is 25.1. The van der Waals surface area contributed by atoms with Gasteiger partial charge in [0.15, 0.2) is 0 Å². The molecule has 1 saturated carbocycles. The van der Waals surface area contributed by atoms with E-state index < -0.39 is 0 Å². The SMILES string of the molecule is CCC1CCCCC1n1cc(CCCCl)nn1. The number of nitrogens with zero attached hydrogens (tertiary/aromatic N) is 3. The van der Waals surface area contributed by atoms with Gasteiger partial charge in [-0.3, -0.25) is 0 Å². The molecule has 0 aromatic carbocycles. The summed E-state index contributed by atoms with van der Waals surface area (Å²) in [6.07, 6.45) is 10.6. The van der Waals surface area contributed by atoms with Gasteiger partial charge in [-0.25, -0.2) is 4.68 Å². The minimum atomic E-state index is 0.575. The molecule has 0 N–H and O–H groups in total. The average Bonchev–Trinajstić information content (AvgIpc) is 2.85. The molecule has 1 aromatic rings. The predicted molar refractivity (Wildman–Crippen MR) is 70.3 cm³/mol. The summed E-state index contributed by atoms with van der Waals surface area (Å²) in [4.78, 5) is 0. The van der Waals surface area contributed by atoms with Gasteiger partial charge in [0.05, 0.1) is 11.7 Å². The van der Waals surface area contributed by atoms with Crippen molar-refractivity contribution < 1.29 is 0 Å². The number of aromatic nitrogens is 3.